The Hall–Kier alpha value is -0.840. The van der Waals surface area contributed by atoms with E-state index in [9.17, 15) is 0 Å². The van der Waals surface area contributed by atoms with Crippen LogP contribution in [0.15, 0.2) is 16.7 Å². The van der Waals surface area contributed by atoms with Crippen LogP contribution in [0.1, 0.15) is 17.7 Å². The molecule has 4 heteroatoms. The SMILES string of the molecule is CNCc1occc1CN(C)CC1CCN(C)C1. The minimum atomic E-state index is 0.808. The first-order valence-electron chi connectivity index (χ1n) is 6.76. The first-order valence-corrected chi connectivity index (χ1v) is 6.76. The largest absolute Gasteiger partial charge is 0.468 e. The van der Waals surface area contributed by atoms with E-state index in [1.54, 1.807) is 6.26 Å². The van der Waals surface area contributed by atoms with Gasteiger partial charge >= 0.3 is 0 Å². The van der Waals surface area contributed by atoms with E-state index in [0.29, 0.717) is 0 Å². The van der Waals surface area contributed by atoms with Crippen LogP contribution in [0.25, 0.3) is 0 Å². The molecule has 1 aromatic heterocycles. The zero-order chi connectivity index (χ0) is 13.0. The minimum Gasteiger partial charge on any atom is -0.468 e. The van der Waals surface area contributed by atoms with Crippen molar-refractivity contribution in [2.75, 3.05) is 40.8 Å². The lowest BCUT2D eigenvalue weighted by atomic mass is 10.1. The molecule has 1 aliphatic rings. The summed E-state index contributed by atoms with van der Waals surface area (Å²) >= 11 is 0. The number of likely N-dealkylation sites (tertiary alicyclic amines) is 1. The summed E-state index contributed by atoms with van der Waals surface area (Å²) in [5, 5.41) is 3.14. The van der Waals surface area contributed by atoms with Crippen molar-refractivity contribution >= 4 is 0 Å². The van der Waals surface area contributed by atoms with Crippen molar-refractivity contribution in [2.24, 2.45) is 5.92 Å². The fraction of sp³-hybridized carbons (Fsp3) is 0.714. The van der Waals surface area contributed by atoms with Crippen LogP contribution in [0.5, 0.6) is 0 Å². The molecule has 0 aromatic carbocycles. The maximum Gasteiger partial charge on any atom is 0.122 e. The molecule has 0 saturated carbocycles. The third-order valence-corrected chi connectivity index (χ3v) is 3.67. The van der Waals surface area contributed by atoms with Gasteiger partial charge in [0.1, 0.15) is 5.76 Å². The Morgan fingerprint density at radius 2 is 2.39 bits per heavy atom. The molecule has 1 N–H and O–H groups in total. The summed E-state index contributed by atoms with van der Waals surface area (Å²) in [5.41, 5.74) is 1.30. The molecular weight excluding hydrogens is 226 g/mol. The Balaban J connectivity index is 1.82. The van der Waals surface area contributed by atoms with E-state index in [2.05, 4.69) is 35.3 Å². The molecule has 0 radical (unpaired) electrons. The predicted octanol–water partition coefficient (Wildman–Crippen LogP) is 1.38. The number of nitrogens with zero attached hydrogens (tertiary/aromatic N) is 2. The molecule has 4 nitrogen and oxygen atoms in total. The van der Waals surface area contributed by atoms with E-state index >= 15 is 0 Å². The minimum absolute atomic E-state index is 0.808. The monoisotopic (exact) mass is 251 g/mol. The Morgan fingerprint density at radius 1 is 1.56 bits per heavy atom. The van der Waals surface area contributed by atoms with E-state index in [1.807, 2.05) is 7.05 Å². The molecule has 102 valence electrons. The van der Waals surface area contributed by atoms with Crippen molar-refractivity contribution in [2.45, 2.75) is 19.5 Å². The van der Waals surface area contributed by atoms with Gasteiger partial charge in [-0.3, -0.25) is 0 Å². The first kappa shape index (κ1) is 13.6. The first-order chi connectivity index (χ1) is 8.69. The van der Waals surface area contributed by atoms with Crippen LogP contribution < -0.4 is 5.32 Å². The lowest BCUT2D eigenvalue weighted by Crippen LogP contribution is -2.27. The van der Waals surface area contributed by atoms with Gasteiger partial charge in [0, 0.05) is 25.2 Å². The van der Waals surface area contributed by atoms with Gasteiger partial charge in [0.25, 0.3) is 0 Å². The highest BCUT2D eigenvalue weighted by Crippen LogP contribution is 2.18. The molecule has 1 aliphatic heterocycles. The average molecular weight is 251 g/mol. The van der Waals surface area contributed by atoms with Crippen LogP contribution in [-0.2, 0) is 13.1 Å². The lowest BCUT2D eigenvalue weighted by Gasteiger charge is -2.20. The third kappa shape index (κ3) is 3.57. The summed E-state index contributed by atoms with van der Waals surface area (Å²) in [6.45, 7) is 5.44. The molecule has 1 fully saturated rings. The van der Waals surface area contributed by atoms with Gasteiger partial charge in [-0.1, -0.05) is 0 Å². The normalized spacial score (nSPS) is 21.0. The standard InChI is InChI=1S/C14H25N3O/c1-15-8-14-13(5-7-18-14)11-17(3)10-12-4-6-16(2)9-12/h5,7,12,15H,4,6,8-11H2,1-3H3. The highest BCUT2D eigenvalue weighted by Gasteiger charge is 2.21. The zero-order valence-electron chi connectivity index (χ0n) is 11.8. The van der Waals surface area contributed by atoms with E-state index in [4.69, 9.17) is 4.42 Å². The van der Waals surface area contributed by atoms with Gasteiger partial charge in [0.05, 0.1) is 12.8 Å². The maximum atomic E-state index is 5.50. The van der Waals surface area contributed by atoms with Crippen molar-refractivity contribution < 1.29 is 4.42 Å². The molecule has 1 unspecified atom stereocenters. The molecule has 18 heavy (non-hydrogen) atoms. The summed E-state index contributed by atoms with van der Waals surface area (Å²) in [6.07, 6.45) is 3.12. The highest BCUT2D eigenvalue weighted by atomic mass is 16.3. The van der Waals surface area contributed by atoms with Crippen molar-refractivity contribution in [1.82, 2.24) is 15.1 Å². The van der Waals surface area contributed by atoms with E-state index in [-0.39, 0.29) is 0 Å². The molecule has 1 aromatic rings. The molecule has 0 bridgehead atoms. The van der Waals surface area contributed by atoms with Gasteiger partial charge in [-0.2, -0.15) is 0 Å². The van der Waals surface area contributed by atoms with E-state index < -0.39 is 0 Å². The average Bonchev–Trinajstić information content (AvgIpc) is 2.90. The van der Waals surface area contributed by atoms with E-state index in [0.717, 1.165) is 24.8 Å². The van der Waals surface area contributed by atoms with Gasteiger partial charge in [-0.25, -0.2) is 0 Å². The summed E-state index contributed by atoms with van der Waals surface area (Å²) in [7, 11) is 6.36. The van der Waals surface area contributed by atoms with Gasteiger partial charge in [-0.15, -0.1) is 0 Å². The fourth-order valence-corrected chi connectivity index (χ4v) is 2.80. The van der Waals surface area contributed by atoms with Gasteiger partial charge in [-0.05, 0) is 46.1 Å². The second-order valence-corrected chi connectivity index (χ2v) is 5.51. The summed E-state index contributed by atoms with van der Waals surface area (Å²) in [6, 6.07) is 2.09. The van der Waals surface area contributed by atoms with Crippen molar-refractivity contribution in [3.05, 3.63) is 23.7 Å². The van der Waals surface area contributed by atoms with Gasteiger partial charge in [0.2, 0.25) is 0 Å². The Bertz CT molecular complexity index is 364. The van der Waals surface area contributed by atoms with Crippen LogP contribution in [-0.4, -0.2) is 50.6 Å². The lowest BCUT2D eigenvalue weighted by molar-refractivity contribution is 0.265. The Morgan fingerprint density at radius 3 is 3.06 bits per heavy atom. The van der Waals surface area contributed by atoms with Crippen molar-refractivity contribution in [1.29, 1.82) is 0 Å². The molecule has 2 rings (SSSR count). The second kappa shape index (κ2) is 6.36. The van der Waals surface area contributed by atoms with Crippen molar-refractivity contribution in [3.63, 3.8) is 0 Å². The molecule has 2 heterocycles. The van der Waals surface area contributed by atoms with Crippen LogP contribution >= 0.6 is 0 Å². The van der Waals surface area contributed by atoms with Crippen LogP contribution in [0.4, 0.5) is 0 Å². The van der Waals surface area contributed by atoms with Crippen LogP contribution in [0, 0.1) is 5.92 Å². The van der Waals surface area contributed by atoms with Crippen molar-refractivity contribution in [3.8, 4) is 0 Å². The second-order valence-electron chi connectivity index (χ2n) is 5.51. The number of hydrogen-bond acceptors (Lipinski definition) is 4. The number of furan rings is 1. The Labute approximate surface area is 110 Å². The summed E-state index contributed by atoms with van der Waals surface area (Å²) in [5.74, 6) is 1.88. The third-order valence-electron chi connectivity index (χ3n) is 3.67. The quantitative estimate of drug-likeness (QED) is 0.828. The smallest absolute Gasteiger partial charge is 0.122 e. The zero-order valence-corrected chi connectivity index (χ0v) is 11.8. The van der Waals surface area contributed by atoms with E-state index in [1.165, 1.54) is 31.6 Å². The fourth-order valence-electron chi connectivity index (χ4n) is 2.80. The number of rotatable bonds is 6. The maximum absolute atomic E-state index is 5.50. The predicted molar refractivity (Wildman–Crippen MR) is 73.4 cm³/mol. The summed E-state index contributed by atoms with van der Waals surface area (Å²) in [4.78, 5) is 4.83. The van der Waals surface area contributed by atoms with Gasteiger partial charge < -0.3 is 19.5 Å². The molecule has 0 amide bonds. The van der Waals surface area contributed by atoms with Crippen LogP contribution in [0.3, 0.4) is 0 Å². The Kier molecular flexibility index (Phi) is 4.80. The summed E-state index contributed by atoms with van der Waals surface area (Å²) < 4.78 is 5.50. The molecule has 0 spiro atoms. The molecule has 0 aliphatic carbocycles. The molecule has 1 atom stereocenters. The van der Waals surface area contributed by atoms with Crippen LogP contribution in [0.2, 0.25) is 0 Å². The highest BCUT2D eigenvalue weighted by molar-refractivity contribution is 5.16. The number of hydrogen-bond donors (Lipinski definition) is 1. The topological polar surface area (TPSA) is 31.7 Å². The molecule has 1 saturated heterocycles. The number of nitrogens with one attached hydrogen (secondary N) is 1. The van der Waals surface area contributed by atoms with Gasteiger partial charge in [0.15, 0.2) is 0 Å². The molecular formula is C14H25N3O.